The van der Waals surface area contributed by atoms with Crippen LogP contribution in [0.2, 0.25) is 5.02 Å². The van der Waals surface area contributed by atoms with E-state index in [2.05, 4.69) is 33.9 Å². The molecule has 0 bridgehead atoms. The Morgan fingerprint density at radius 3 is 2.52 bits per heavy atom. The SMILES string of the molecule is CC(c1ncccn1)N1CCC(c2cccc(Cl)c2)CC1. The third-order valence-electron chi connectivity index (χ3n) is 4.36. The lowest BCUT2D eigenvalue weighted by molar-refractivity contribution is 0.157. The van der Waals surface area contributed by atoms with Crippen molar-refractivity contribution in [3.05, 3.63) is 59.1 Å². The molecule has 4 heteroatoms. The first-order valence-electron chi connectivity index (χ1n) is 7.50. The zero-order valence-electron chi connectivity index (χ0n) is 12.2. The molecule has 0 aliphatic carbocycles. The van der Waals surface area contributed by atoms with E-state index in [1.165, 1.54) is 5.56 Å². The van der Waals surface area contributed by atoms with Gasteiger partial charge in [0.25, 0.3) is 0 Å². The van der Waals surface area contributed by atoms with E-state index in [-0.39, 0.29) is 6.04 Å². The summed E-state index contributed by atoms with van der Waals surface area (Å²) in [6.45, 7) is 4.35. The normalized spacial score (nSPS) is 18.6. The Morgan fingerprint density at radius 1 is 1.14 bits per heavy atom. The lowest BCUT2D eigenvalue weighted by Crippen LogP contribution is -2.35. The average molecular weight is 302 g/mol. The molecule has 0 N–H and O–H groups in total. The molecule has 1 aliphatic heterocycles. The van der Waals surface area contributed by atoms with Crippen molar-refractivity contribution < 1.29 is 0 Å². The Labute approximate surface area is 131 Å². The Morgan fingerprint density at radius 2 is 1.86 bits per heavy atom. The fourth-order valence-electron chi connectivity index (χ4n) is 3.07. The highest BCUT2D eigenvalue weighted by Gasteiger charge is 2.25. The van der Waals surface area contributed by atoms with Crippen LogP contribution < -0.4 is 0 Å². The zero-order chi connectivity index (χ0) is 14.7. The molecule has 1 aromatic heterocycles. The Hall–Kier alpha value is -1.45. The van der Waals surface area contributed by atoms with Crippen molar-refractivity contribution in [2.24, 2.45) is 0 Å². The maximum atomic E-state index is 6.10. The quantitative estimate of drug-likeness (QED) is 0.855. The first-order chi connectivity index (χ1) is 10.2. The lowest BCUT2D eigenvalue weighted by Gasteiger charge is -2.35. The minimum absolute atomic E-state index is 0.284. The zero-order valence-corrected chi connectivity index (χ0v) is 13.0. The molecule has 0 radical (unpaired) electrons. The van der Waals surface area contributed by atoms with Crippen molar-refractivity contribution in [2.45, 2.75) is 31.7 Å². The third kappa shape index (κ3) is 3.42. The maximum Gasteiger partial charge on any atom is 0.145 e. The molecule has 2 aromatic rings. The van der Waals surface area contributed by atoms with Crippen molar-refractivity contribution in [3.63, 3.8) is 0 Å². The number of nitrogens with zero attached hydrogens (tertiary/aromatic N) is 3. The minimum Gasteiger partial charge on any atom is -0.294 e. The maximum absolute atomic E-state index is 6.10. The topological polar surface area (TPSA) is 29.0 Å². The first-order valence-corrected chi connectivity index (χ1v) is 7.88. The lowest BCUT2D eigenvalue weighted by atomic mass is 9.89. The number of hydrogen-bond acceptors (Lipinski definition) is 3. The summed E-state index contributed by atoms with van der Waals surface area (Å²) in [5, 5.41) is 0.834. The molecule has 3 rings (SSSR count). The minimum atomic E-state index is 0.284. The molecule has 110 valence electrons. The monoisotopic (exact) mass is 301 g/mol. The van der Waals surface area contributed by atoms with Crippen LogP contribution in [0.4, 0.5) is 0 Å². The highest BCUT2D eigenvalue weighted by atomic mass is 35.5. The Bertz CT molecular complexity index is 580. The summed E-state index contributed by atoms with van der Waals surface area (Å²) in [5.41, 5.74) is 1.37. The van der Waals surface area contributed by atoms with Gasteiger partial charge in [-0.25, -0.2) is 9.97 Å². The number of halogens is 1. The van der Waals surface area contributed by atoms with E-state index in [0.717, 1.165) is 36.8 Å². The van der Waals surface area contributed by atoms with Gasteiger partial charge < -0.3 is 0 Å². The van der Waals surface area contributed by atoms with Crippen molar-refractivity contribution in [1.29, 1.82) is 0 Å². The number of aromatic nitrogens is 2. The van der Waals surface area contributed by atoms with Crippen LogP contribution in [0.5, 0.6) is 0 Å². The first kappa shape index (κ1) is 14.5. The molecule has 1 aromatic carbocycles. The van der Waals surface area contributed by atoms with Crippen LogP contribution in [0, 0.1) is 0 Å². The second-order valence-corrected chi connectivity index (χ2v) is 6.08. The van der Waals surface area contributed by atoms with Crippen LogP contribution in [-0.2, 0) is 0 Å². The van der Waals surface area contributed by atoms with Gasteiger partial charge in [0.05, 0.1) is 6.04 Å². The van der Waals surface area contributed by atoms with E-state index in [9.17, 15) is 0 Å². The summed E-state index contributed by atoms with van der Waals surface area (Å²) in [7, 11) is 0. The molecule has 1 fully saturated rings. The highest BCUT2D eigenvalue weighted by molar-refractivity contribution is 6.30. The van der Waals surface area contributed by atoms with Gasteiger partial charge in [0.1, 0.15) is 5.82 Å². The second kappa shape index (κ2) is 6.54. The molecule has 0 amide bonds. The van der Waals surface area contributed by atoms with Crippen molar-refractivity contribution in [1.82, 2.24) is 14.9 Å². The van der Waals surface area contributed by atoms with E-state index >= 15 is 0 Å². The smallest absolute Gasteiger partial charge is 0.145 e. The summed E-state index contributed by atoms with van der Waals surface area (Å²) in [6.07, 6.45) is 5.96. The molecule has 3 nitrogen and oxygen atoms in total. The second-order valence-electron chi connectivity index (χ2n) is 5.65. The van der Waals surface area contributed by atoms with E-state index < -0.39 is 0 Å². The van der Waals surface area contributed by atoms with Gasteiger partial charge in [-0.05, 0) is 62.5 Å². The molecule has 1 aliphatic rings. The van der Waals surface area contributed by atoms with E-state index in [1.807, 2.05) is 30.6 Å². The molecule has 0 spiro atoms. The van der Waals surface area contributed by atoms with Gasteiger partial charge in [-0.15, -0.1) is 0 Å². The van der Waals surface area contributed by atoms with E-state index in [1.54, 1.807) is 0 Å². The van der Waals surface area contributed by atoms with Crippen LogP contribution in [-0.4, -0.2) is 28.0 Å². The van der Waals surface area contributed by atoms with Crippen LogP contribution in [0.15, 0.2) is 42.7 Å². The predicted octanol–water partition coefficient (Wildman–Crippen LogP) is 4.07. The van der Waals surface area contributed by atoms with Gasteiger partial charge in [0.2, 0.25) is 0 Å². The van der Waals surface area contributed by atoms with Crippen molar-refractivity contribution >= 4 is 11.6 Å². The van der Waals surface area contributed by atoms with E-state index in [0.29, 0.717) is 5.92 Å². The fourth-order valence-corrected chi connectivity index (χ4v) is 3.27. The van der Waals surface area contributed by atoms with Gasteiger partial charge in [-0.1, -0.05) is 23.7 Å². The predicted molar refractivity (Wildman–Crippen MR) is 85.4 cm³/mol. The molecule has 21 heavy (non-hydrogen) atoms. The van der Waals surface area contributed by atoms with E-state index in [4.69, 9.17) is 11.6 Å². The summed E-state index contributed by atoms with van der Waals surface area (Å²) in [4.78, 5) is 11.2. The number of rotatable bonds is 3. The van der Waals surface area contributed by atoms with Gasteiger partial charge in [-0.2, -0.15) is 0 Å². The van der Waals surface area contributed by atoms with Gasteiger partial charge >= 0.3 is 0 Å². The van der Waals surface area contributed by atoms with Gasteiger partial charge in [0.15, 0.2) is 0 Å². The van der Waals surface area contributed by atoms with Crippen LogP contribution in [0.1, 0.15) is 43.1 Å². The largest absolute Gasteiger partial charge is 0.294 e. The summed E-state index contributed by atoms with van der Waals surface area (Å²) < 4.78 is 0. The summed E-state index contributed by atoms with van der Waals surface area (Å²) in [6, 6.07) is 10.4. The Balaban J connectivity index is 1.63. The third-order valence-corrected chi connectivity index (χ3v) is 4.59. The molecule has 2 heterocycles. The standard InChI is InChI=1S/C17H20ClN3/c1-13(17-19-8-3-9-20-17)21-10-6-14(7-11-21)15-4-2-5-16(18)12-15/h2-5,8-9,12-14H,6-7,10-11H2,1H3. The molecular formula is C17H20ClN3. The Kier molecular flexibility index (Phi) is 4.51. The summed E-state index contributed by atoms with van der Waals surface area (Å²) in [5.74, 6) is 1.53. The molecule has 1 saturated heterocycles. The summed E-state index contributed by atoms with van der Waals surface area (Å²) >= 11 is 6.10. The fraction of sp³-hybridized carbons (Fsp3) is 0.412. The van der Waals surface area contributed by atoms with Crippen LogP contribution >= 0.6 is 11.6 Å². The van der Waals surface area contributed by atoms with Gasteiger partial charge in [0, 0.05) is 17.4 Å². The molecule has 1 atom stereocenters. The number of benzene rings is 1. The van der Waals surface area contributed by atoms with Gasteiger partial charge in [-0.3, -0.25) is 4.90 Å². The highest BCUT2D eigenvalue weighted by Crippen LogP contribution is 2.32. The number of piperidine rings is 1. The van der Waals surface area contributed by atoms with Crippen LogP contribution in [0.3, 0.4) is 0 Å². The average Bonchev–Trinajstić information content (AvgIpc) is 2.55. The van der Waals surface area contributed by atoms with Crippen molar-refractivity contribution in [2.75, 3.05) is 13.1 Å². The number of likely N-dealkylation sites (tertiary alicyclic amines) is 1. The number of hydrogen-bond donors (Lipinski definition) is 0. The molecular weight excluding hydrogens is 282 g/mol. The molecule has 0 saturated carbocycles. The van der Waals surface area contributed by atoms with Crippen LogP contribution in [0.25, 0.3) is 0 Å². The molecule has 1 unspecified atom stereocenters. The van der Waals surface area contributed by atoms with Crippen molar-refractivity contribution in [3.8, 4) is 0 Å².